The molecular weight excluding hydrogens is 603 g/mol. The van der Waals surface area contributed by atoms with Crippen molar-refractivity contribution in [3.63, 3.8) is 0 Å². The zero-order chi connectivity index (χ0) is 31.6. The van der Waals surface area contributed by atoms with E-state index in [1.807, 2.05) is 23.6 Å². The predicted octanol–water partition coefficient (Wildman–Crippen LogP) is 12.1. The minimum absolute atomic E-state index is 0.887. The van der Waals surface area contributed by atoms with Crippen LogP contribution in [0.3, 0.4) is 0 Å². The van der Waals surface area contributed by atoms with Crippen molar-refractivity contribution in [2.75, 3.05) is 0 Å². The van der Waals surface area contributed by atoms with Gasteiger partial charge >= 0.3 is 0 Å². The Hall–Kier alpha value is -6.10. The fourth-order valence-electron chi connectivity index (χ4n) is 7.16. The smallest absolute Gasteiger partial charge is 0.137 e. The molecule has 0 aliphatic carbocycles. The lowest BCUT2D eigenvalue weighted by atomic mass is 10.0. The topological polar surface area (TPSA) is 30.7 Å². The summed E-state index contributed by atoms with van der Waals surface area (Å²) in [7, 11) is 0. The number of nitrogens with zero attached hydrogens (tertiary/aromatic N) is 3. The van der Waals surface area contributed by atoms with Gasteiger partial charge in [-0.2, -0.15) is 0 Å². The van der Waals surface area contributed by atoms with Crippen molar-refractivity contribution in [3.8, 4) is 39.5 Å². The molecule has 0 saturated heterocycles. The second kappa shape index (κ2) is 10.7. The molecule has 0 N–H and O–H groups in total. The summed E-state index contributed by atoms with van der Waals surface area (Å²) in [6.07, 6.45) is 1.96. The van der Waals surface area contributed by atoms with Crippen LogP contribution in [0.4, 0.5) is 0 Å². The highest BCUT2D eigenvalue weighted by Crippen LogP contribution is 2.45. The van der Waals surface area contributed by atoms with Crippen LogP contribution in [0.5, 0.6) is 0 Å². The summed E-state index contributed by atoms with van der Waals surface area (Å²) in [4.78, 5) is 10.2. The van der Waals surface area contributed by atoms with Crippen LogP contribution in [-0.4, -0.2) is 14.5 Å². The first-order valence-electron chi connectivity index (χ1n) is 16.2. The van der Waals surface area contributed by atoms with E-state index in [0.717, 1.165) is 50.5 Å². The lowest BCUT2D eigenvalue weighted by Gasteiger charge is -2.11. The number of hydrogen-bond acceptors (Lipinski definition) is 3. The third-order valence-corrected chi connectivity index (χ3v) is 10.7. The molecule has 4 heterocycles. The van der Waals surface area contributed by atoms with Gasteiger partial charge < -0.3 is 0 Å². The van der Waals surface area contributed by atoms with E-state index in [-0.39, 0.29) is 0 Å². The van der Waals surface area contributed by atoms with E-state index < -0.39 is 0 Å². The van der Waals surface area contributed by atoms with Crippen molar-refractivity contribution in [1.29, 1.82) is 0 Å². The van der Waals surface area contributed by atoms with E-state index in [0.29, 0.717) is 0 Å². The van der Waals surface area contributed by atoms with Crippen LogP contribution >= 0.6 is 11.3 Å². The lowest BCUT2D eigenvalue weighted by Crippen LogP contribution is -1.98. The number of thiophene rings is 1. The molecule has 10 aromatic rings. The Labute approximate surface area is 281 Å². The molecule has 4 aromatic heterocycles. The highest BCUT2D eigenvalue weighted by Gasteiger charge is 2.19. The summed E-state index contributed by atoms with van der Waals surface area (Å²) in [5.41, 5.74) is 8.52. The number of pyridine rings is 2. The summed E-state index contributed by atoms with van der Waals surface area (Å²) in [6, 6.07) is 56.0. The SMILES string of the molecule is c1ccc(-c2cc(-c3ccccc3)nc(-c3ccc(-n4c5ccccc5c5c6sc7c8ccccc8ccc7c6ccc54)nc3)c2)cc1. The number of benzene rings is 6. The molecule has 0 fully saturated rings. The molecule has 0 bridgehead atoms. The monoisotopic (exact) mass is 629 g/mol. The molecule has 0 aliphatic heterocycles. The molecule has 4 heteroatoms. The number of hydrogen-bond donors (Lipinski definition) is 0. The normalized spacial score (nSPS) is 11.8. The van der Waals surface area contributed by atoms with Crippen LogP contribution in [0, 0.1) is 0 Å². The second-order valence-corrected chi connectivity index (χ2v) is 13.2. The molecule has 10 rings (SSSR count). The molecule has 0 atom stereocenters. The van der Waals surface area contributed by atoms with Crippen LogP contribution in [-0.2, 0) is 0 Å². The van der Waals surface area contributed by atoms with E-state index in [4.69, 9.17) is 9.97 Å². The standard InChI is InChI=1S/C44H27N3S/c1-3-11-28(12-4-1)32-25-37(30-14-5-2-6-15-30)46-38(26-32)31-20-24-41(45-27-31)47-39-18-10-9-17-36(39)42-40(47)23-22-35-34-21-19-29-13-7-8-16-33(29)43(34)48-44(35)42/h1-27H. The van der Waals surface area contributed by atoms with Gasteiger partial charge in [0.2, 0.25) is 0 Å². The van der Waals surface area contributed by atoms with E-state index in [9.17, 15) is 0 Å². The number of aromatic nitrogens is 3. The van der Waals surface area contributed by atoms with Gasteiger partial charge in [-0.05, 0) is 58.3 Å². The van der Waals surface area contributed by atoms with Crippen LogP contribution in [0.1, 0.15) is 0 Å². The molecule has 0 spiro atoms. The Morgan fingerprint density at radius 2 is 1.10 bits per heavy atom. The summed E-state index contributed by atoms with van der Waals surface area (Å²) < 4.78 is 4.97. The third kappa shape index (κ3) is 4.20. The number of para-hydroxylation sites is 1. The fourth-order valence-corrected chi connectivity index (χ4v) is 8.56. The molecule has 224 valence electrons. The number of fused-ring (bicyclic) bond motifs is 9. The van der Waals surface area contributed by atoms with E-state index in [1.54, 1.807) is 0 Å². The molecule has 0 radical (unpaired) electrons. The Morgan fingerprint density at radius 3 is 1.90 bits per heavy atom. The largest absolute Gasteiger partial charge is 0.294 e. The van der Waals surface area contributed by atoms with Crippen molar-refractivity contribution in [3.05, 3.63) is 164 Å². The van der Waals surface area contributed by atoms with Crippen molar-refractivity contribution in [2.24, 2.45) is 0 Å². The van der Waals surface area contributed by atoms with Gasteiger partial charge in [-0.3, -0.25) is 4.57 Å². The minimum Gasteiger partial charge on any atom is -0.294 e. The third-order valence-electron chi connectivity index (χ3n) is 9.44. The quantitative estimate of drug-likeness (QED) is 0.194. The molecule has 0 amide bonds. The summed E-state index contributed by atoms with van der Waals surface area (Å²) in [6.45, 7) is 0. The Kier molecular flexibility index (Phi) is 6.05. The van der Waals surface area contributed by atoms with E-state index in [1.165, 1.54) is 41.7 Å². The molecule has 0 aliphatic rings. The summed E-state index contributed by atoms with van der Waals surface area (Å²) in [5, 5.41) is 7.73. The maximum Gasteiger partial charge on any atom is 0.137 e. The van der Waals surface area contributed by atoms with Crippen LogP contribution in [0.15, 0.2) is 164 Å². The van der Waals surface area contributed by atoms with E-state index >= 15 is 0 Å². The van der Waals surface area contributed by atoms with Crippen LogP contribution in [0.2, 0.25) is 0 Å². The Bertz CT molecular complexity index is 2760. The van der Waals surface area contributed by atoms with Gasteiger partial charge in [0.1, 0.15) is 5.82 Å². The molecule has 0 saturated carbocycles. The predicted molar refractivity (Wildman–Crippen MR) is 203 cm³/mol. The molecular formula is C44H27N3S. The Balaban J connectivity index is 1.15. The first-order chi connectivity index (χ1) is 23.8. The summed E-state index contributed by atoms with van der Waals surface area (Å²) in [5.74, 6) is 0.887. The van der Waals surface area contributed by atoms with Gasteiger partial charge in [0, 0.05) is 48.3 Å². The van der Waals surface area contributed by atoms with Gasteiger partial charge in [-0.15, -0.1) is 11.3 Å². The fraction of sp³-hybridized carbons (Fsp3) is 0. The molecule has 48 heavy (non-hydrogen) atoms. The molecule has 3 nitrogen and oxygen atoms in total. The molecule has 6 aromatic carbocycles. The first-order valence-corrected chi connectivity index (χ1v) is 17.0. The zero-order valence-corrected chi connectivity index (χ0v) is 26.7. The average Bonchev–Trinajstić information content (AvgIpc) is 3.72. The van der Waals surface area contributed by atoms with Crippen molar-refractivity contribution < 1.29 is 0 Å². The van der Waals surface area contributed by atoms with E-state index in [2.05, 4.69) is 156 Å². The van der Waals surface area contributed by atoms with Gasteiger partial charge in [-0.1, -0.05) is 121 Å². The lowest BCUT2D eigenvalue weighted by molar-refractivity contribution is 1.08. The van der Waals surface area contributed by atoms with Crippen LogP contribution in [0.25, 0.3) is 92.2 Å². The maximum atomic E-state index is 5.12. The maximum absolute atomic E-state index is 5.12. The second-order valence-electron chi connectivity index (χ2n) is 12.2. The van der Waals surface area contributed by atoms with Gasteiger partial charge in [-0.25, -0.2) is 9.97 Å². The minimum atomic E-state index is 0.887. The average molecular weight is 630 g/mol. The van der Waals surface area contributed by atoms with Gasteiger partial charge in [0.25, 0.3) is 0 Å². The summed E-state index contributed by atoms with van der Waals surface area (Å²) >= 11 is 1.90. The van der Waals surface area contributed by atoms with Gasteiger partial charge in [0.15, 0.2) is 0 Å². The highest BCUT2D eigenvalue weighted by molar-refractivity contribution is 7.27. The Morgan fingerprint density at radius 1 is 0.438 bits per heavy atom. The van der Waals surface area contributed by atoms with Crippen molar-refractivity contribution >= 4 is 64.1 Å². The van der Waals surface area contributed by atoms with Gasteiger partial charge in [0.05, 0.1) is 22.4 Å². The van der Waals surface area contributed by atoms with Crippen molar-refractivity contribution in [1.82, 2.24) is 14.5 Å². The number of rotatable bonds is 4. The zero-order valence-electron chi connectivity index (χ0n) is 25.8. The first kappa shape index (κ1) is 27.1. The highest BCUT2D eigenvalue weighted by atomic mass is 32.1. The molecule has 0 unspecified atom stereocenters. The van der Waals surface area contributed by atoms with Crippen LogP contribution < -0.4 is 0 Å². The van der Waals surface area contributed by atoms with Crippen molar-refractivity contribution in [2.45, 2.75) is 0 Å².